The first-order valence-corrected chi connectivity index (χ1v) is 8.95. The molecule has 1 amide bonds. The standard InChI is InChI=1S/C17H15ClFN5OS/c1-10-2-4-11(5-3-10)16-22-23-17(24(16)20)26-9-15(25)21-14-7-6-12(18)8-13(14)19/h2-8H,9,20H2,1H3,(H,21,25). The number of carbonyl (C=O) groups excluding carboxylic acids is 1. The first-order chi connectivity index (χ1) is 12.4. The molecule has 9 heteroatoms. The maximum absolute atomic E-state index is 13.7. The molecule has 0 radical (unpaired) electrons. The quantitative estimate of drug-likeness (QED) is 0.513. The predicted octanol–water partition coefficient (Wildman–Crippen LogP) is 3.49. The molecule has 0 saturated carbocycles. The van der Waals surface area contributed by atoms with Gasteiger partial charge in [-0.3, -0.25) is 4.79 Å². The third-order valence-corrected chi connectivity index (χ3v) is 4.69. The lowest BCUT2D eigenvalue weighted by molar-refractivity contribution is -0.113. The van der Waals surface area contributed by atoms with Gasteiger partial charge in [0.2, 0.25) is 11.1 Å². The lowest BCUT2D eigenvalue weighted by atomic mass is 10.1. The highest BCUT2D eigenvalue weighted by atomic mass is 35.5. The number of aromatic nitrogens is 3. The first kappa shape index (κ1) is 18.2. The molecule has 3 N–H and O–H groups in total. The topological polar surface area (TPSA) is 85.8 Å². The largest absolute Gasteiger partial charge is 0.335 e. The van der Waals surface area contributed by atoms with Gasteiger partial charge >= 0.3 is 0 Å². The van der Waals surface area contributed by atoms with Gasteiger partial charge in [-0.25, -0.2) is 9.07 Å². The number of aryl methyl sites for hydroxylation is 1. The number of anilines is 1. The Kier molecular flexibility index (Phi) is 5.43. The van der Waals surface area contributed by atoms with Crippen LogP contribution in [-0.2, 0) is 4.79 Å². The van der Waals surface area contributed by atoms with Crippen LogP contribution < -0.4 is 11.2 Å². The van der Waals surface area contributed by atoms with E-state index in [-0.39, 0.29) is 16.5 Å². The van der Waals surface area contributed by atoms with Crippen LogP contribution in [0.25, 0.3) is 11.4 Å². The second-order valence-corrected chi connectivity index (χ2v) is 6.88. The van der Waals surface area contributed by atoms with Crippen LogP contribution in [-0.4, -0.2) is 26.5 Å². The molecule has 0 fully saturated rings. The van der Waals surface area contributed by atoms with Crippen LogP contribution in [0.1, 0.15) is 5.56 Å². The highest BCUT2D eigenvalue weighted by molar-refractivity contribution is 7.99. The van der Waals surface area contributed by atoms with E-state index < -0.39 is 11.7 Å². The van der Waals surface area contributed by atoms with Gasteiger partial charge in [-0.15, -0.1) is 10.2 Å². The molecular weight excluding hydrogens is 377 g/mol. The SMILES string of the molecule is Cc1ccc(-c2nnc(SCC(=O)Nc3ccc(Cl)cc3F)n2N)cc1. The molecule has 0 aliphatic carbocycles. The second-order valence-electron chi connectivity index (χ2n) is 5.50. The van der Waals surface area contributed by atoms with Crippen molar-refractivity contribution >= 4 is 35.0 Å². The molecule has 0 bridgehead atoms. The number of rotatable bonds is 5. The van der Waals surface area contributed by atoms with Crippen molar-refractivity contribution in [3.05, 3.63) is 58.9 Å². The van der Waals surface area contributed by atoms with Crippen molar-refractivity contribution in [3.63, 3.8) is 0 Å². The zero-order valence-electron chi connectivity index (χ0n) is 13.7. The normalized spacial score (nSPS) is 10.7. The molecule has 3 aromatic rings. The summed E-state index contributed by atoms with van der Waals surface area (Å²) in [6.07, 6.45) is 0. The van der Waals surface area contributed by atoms with E-state index in [4.69, 9.17) is 17.4 Å². The minimum atomic E-state index is -0.598. The number of halogens is 2. The summed E-state index contributed by atoms with van der Waals surface area (Å²) >= 11 is 6.79. The number of thioether (sulfide) groups is 1. The van der Waals surface area contributed by atoms with Crippen LogP contribution in [0, 0.1) is 12.7 Å². The minimum absolute atomic E-state index is 0.00526. The number of nitrogens with two attached hydrogens (primary N) is 1. The summed E-state index contributed by atoms with van der Waals surface area (Å²) in [6, 6.07) is 11.7. The summed E-state index contributed by atoms with van der Waals surface area (Å²) in [7, 11) is 0. The van der Waals surface area contributed by atoms with E-state index in [1.807, 2.05) is 31.2 Å². The molecule has 3 rings (SSSR count). The molecular formula is C17H15ClFN5OS. The Morgan fingerprint density at radius 2 is 2.00 bits per heavy atom. The molecule has 1 heterocycles. The van der Waals surface area contributed by atoms with Crippen molar-refractivity contribution in [3.8, 4) is 11.4 Å². The van der Waals surface area contributed by atoms with Gasteiger partial charge < -0.3 is 11.2 Å². The molecule has 0 aliphatic heterocycles. The van der Waals surface area contributed by atoms with Crippen LogP contribution in [0.15, 0.2) is 47.6 Å². The fraction of sp³-hybridized carbons (Fsp3) is 0.118. The van der Waals surface area contributed by atoms with Gasteiger partial charge in [0.1, 0.15) is 5.82 Å². The van der Waals surface area contributed by atoms with Gasteiger partial charge in [0.15, 0.2) is 5.82 Å². The highest BCUT2D eigenvalue weighted by Gasteiger charge is 2.14. The van der Waals surface area contributed by atoms with Gasteiger partial charge in [0.05, 0.1) is 11.4 Å². The number of hydrogen-bond acceptors (Lipinski definition) is 5. The Morgan fingerprint density at radius 3 is 2.69 bits per heavy atom. The molecule has 0 saturated heterocycles. The van der Waals surface area contributed by atoms with Crippen molar-refractivity contribution < 1.29 is 9.18 Å². The van der Waals surface area contributed by atoms with Crippen molar-refractivity contribution in [2.75, 3.05) is 16.9 Å². The molecule has 2 aromatic carbocycles. The number of benzene rings is 2. The van der Waals surface area contributed by atoms with E-state index in [1.54, 1.807) is 0 Å². The Labute approximate surface area is 158 Å². The highest BCUT2D eigenvalue weighted by Crippen LogP contribution is 2.23. The Hall–Kier alpha value is -2.58. The minimum Gasteiger partial charge on any atom is -0.335 e. The third-order valence-electron chi connectivity index (χ3n) is 3.51. The molecule has 0 atom stereocenters. The van der Waals surface area contributed by atoms with E-state index in [0.29, 0.717) is 11.0 Å². The number of carbonyl (C=O) groups is 1. The van der Waals surface area contributed by atoms with Crippen molar-refractivity contribution in [1.82, 2.24) is 14.9 Å². The van der Waals surface area contributed by atoms with Gasteiger partial charge in [0, 0.05) is 10.6 Å². The van der Waals surface area contributed by atoms with Crippen LogP contribution in [0.5, 0.6) is 0 Å². The Morgan fingerprint density at radius 1 is 1.27 bits per heavy atom. The molecule has 6 nitrogen and oxygen atoms in total. The third kappa shape index (κ3) is 4.14. The summed E-state index contributed by atoms with van der Waals surface area (Å²) in [5.41, 5.74) is 2.01. The fourth-order valence-electron chi connectivity index (χ4n) is 2.18. The number of hydrogen-bond donors (Lipinski definition) is 2. The first-order valence-electron chi connectivity index (χ1n) is 7.59. The Balaban J connectivity index is 1.64. The number of nitrogens with one attached hydrogen (secondary N) is 1. The van der Waals surface area contributed by atoms with Crippen LogP contribution in [0.2, 0.25) is 5.02 Å². The maximum atomic E-state index is 13.7. The number of nitrogens with zero attached hydrogens (tertiary/aromatic N) is 3. The molecule has 0 spiro atoms. The smallest absolute Gasteiger partial charge is 0.234 e. The second kappa shape index (κ2) is 7.76. The van der Waals surface area contributed by atoms with Crippen molar-refractivity contribution in [2.45, 2.75) is 12.1 Å². The van der Waals surface area contributed by atoms with Gasteiger partial charge in [-0.1, -0.05) is 53.2 Å². The van der Waals surface area contributed by atoms with Crippen LogP contribution in [0.4, 0.5) is 10.1 Å². The van der Waals surface area contributed by atoms with E-state index in [0.717, 1.165) is 29.0 Å². The maximum Gasteiger partial charge on any atom is 0.234 e. The average molecular weight is 392 g/mol. The van der Waals surface area contributed by atoms with Gasteiger partial charge in [-0.2, -0.15) is 0 Å². The average Bonchev–Trinajstić information content (AvgIpc) is 2.97. The Bertz CT molecular complexity index is 945. The lowest BCUT2D eigenvalue weighted by Crippen LogP contribution is -2.17. The molecule has 1 aromatic heterocycles. The van der Waals surface area contributed by atoms with E-state index in [1.165, 1.54) is 16.8 Å². The summed E-state index contributed by atoms with van der Waals surface area (Å²) in [4.78, 5) is 12.0. The fourth-order valence-corrected chi connectivity index (χ4v) is 3.00. The molecule has 0 unspecified atom stereocenters. The van der Waals surface area contributed by atoms with E-state index in [2.05, 4.69) is 15.5 Å². The lowest BCUT2D eigenvalue weighted by Gasteiger charge is -2.07. The number of amides is 1. The zero-order chi connectivity index (χ0) is 18.7. The summed E-state index contributed by atoms with van der Waals surface area (Å²) in [6.45, 7) is 1.99. The van der Waals surface area contributed by atoms with Crippen LogP contribution in [0.3, 0.4) is 0 Å². The van der Waals surface area contributed by atoms with Gasteiger partial charge in [0.25, 0.3) is 0 Å². The zero-order valence-corrected chi connectivity index (χ0v) is 15.3. The van der Waals surface area contributed by atoms with Gasteiger partial charge in [-0.05, 0) is 25.1 Å². The van der Waals surface area contributed by atoms with Crippen LogP contribution >= 0.6 is 23.4 Å². The molecule has 26 heavy (non-hydrogen) atoms. The van der Waals surface area contributed by atoms with E-state index in [9.17, 15) is 9.18 Å². The molecule has 134 valence electrons. The van der Waals surface area contributed by atoms with E-state index >= 15 is 0 Å². The summed E-state index contributed by atoms with van der Waals surface area (Å²) < 4.78 is 15.0. The predicted molar refractivity (Wildman–Crippen MR) is 101 cm³/mol. The molecule has 0 aliphatic rings. The van der Waals surface area contributed by atoms with Crippen molar-refractivity contribution in [2.24, 2.45) is 0 Å². The van der Waals surface area contributed by atoms with Crippen molar-refractivity contribution in [1.29, 1.82) is 0 Å². The summed E-state index contributed by atoms with van der Waals surface area (Å²) in [5.74, 6) is 5.53. The monoisotopic (exact) mass is 391 g/mol. The number of nitrogen functional groups attached to an aromatic ring is 1. The summed E-state index contributed by atoms with van der Waals surface area (Å²) in [5, 5.41) is 11.2.